The number of rotatable bonds is 6. The summed E-state index contributed by atoms with van der Waals surface area (Å²) in [6.45, 7) is 10.1. The quantitative estimate of drug-likeness (QED) is 0.549. The molecule has 1 aromatic carbocycles. The van der Waals surface area contributed by atoms with E-state index in [0.717, 1.165) is 25.0 Å². The van der Waals surface area contributed by atoms with Crippen molar-refractivity contribution in [2.45, 2.75) is 78.3 Å². The molecule has 0 amide bonds. The van der Waals surface area contributed by atoms with Gasteiger partial charge < -0.3 is 14.2 Å². The van der Waals surface area contributed by atoms with Crippen LogP contribution in [-0.4, -0.2) is 23.8 Å². The third-order valence-corrected chi connectivity index (χ3v) is 4.10. The molecule has 4 nitrogen and oxygen atoms in total. The van der Waals surface area contributed by atoms with Gasteiger partial charge in [0.25, 0.3) is 0 Å². The normalized spacial score (nSPS) is 20.8. The van der Waals surface area contributed by atoms with Gasteiger partial charge in [-0.1, -0.05) is 30.3 Å². The van der Waals surface area contributed by atoms with Crippen LogP contribution < -0.4 is 0 Å². The van der Waals surface area contributed by atoms with E-state index in [1.165, 1.54) is 5.56 Å². The molecular weight excluding hydrogens is 316 g/mol. The van der Waals surface area contributed by atoms with Crippen LogP contribution in [0.2, 0.25) is 0 Å². The van der Waals surface area contributed by atoms with Gasteiger partial charge in [-0.15, -0.1) is 0 Å². The van der Waals surface area contributed by atoms with Crippen LogP contribution >= 0.6 is 0 Å². The molecule has 1 aliphatic heterocycles. The molecular formula is C21H30O4. The van der Waals surface area contributed by atoms with E-state index in [1.807, 2.05) is 39.0 Å². The zero-order chi connectivity index (χ0) is 18.4. The van der Waals surface area contributed by atoms with E-state index in [0.29, 0.717) is 12.2 Å². The first-order valence-electron chi connectivity index (χ1n) is 9.00. The summed E-state index contributed by atoms with van der Waals surface area (Å²) in [6.07, 6.45) is 2.71. The average Bonchev–Trinajstić information content (AvgIpc) is 3.00. The van der Waals surface area contributed by atoms with Crippen LogP contribution in [0.3, 0.4) is 0 Å². The van der Waals surface area contributed by atoms with Gasteiger partial charge in [-0.05, 0) is 46.6 Å². The maximum atomic E-state index is 12.1. The Balaban J connectivity index is 1.81. The lowest BCUT2D eigenvalue weighted by Gasteiger charge is -2.21. The summed E-state index contributed by atoms with van der Waals surface area (Å²) >= 11 is 0. The number of carbonyl (C=O) groups excluding carboxylic acids is 1. The minimum absolute atomic E-state index is 0.0955. The van der Waals surface area contributed by atoms with Gasteiger partial charge in [0.15, 0.2) is 0 Å². The minimum Gasteiger partial charge on any atom is -0.494 e. The van der Waals surface area contributed by atoms with E-state index >= 15 is 0 Å². The fourth-order valence-electron chi connectivity index (χ4n) is 2.77. The second-order valence-electron chi connectivity index (χ2n) is 7.67. The van der Waals surface area contributed by atoms with Crippen molar-refractivity contribution in [2.75, 3.05) is 0 Å². The van der Waals surface area contributed by atoms with E-state index < -0.39 is 5.60 Å². The van der Waals surface area contributed by atoms with Crippen molar-refractivity contribution < 1.29 is 19.0 Å². The summed E-state index contributed by atoms with van der Waals surface area (Å²) in [4.78, 5) is 12.1. The third-order valence-electron chi connectivity index (χ3n) is 4.10. The molecule has 0 N–H and O–H groups in total. The molecule has 2 atom stereocenters. The standard InChI is InChI=1S/C21H30O4/c1-15(23-14-17-9-7-6-8-10-17)13-18-11-12-19(24-18)16(2)20(22)25-21(3,4)5/h6-10,15,18H,11-14H2,1-5H3/b19-16+/t15-,18-/m1/s1. The van der Waals surface area contributed by atoms with Crippen LogP contribution in [0, 0.1) is 0 Å². The Morgan fingerprint density at radius 1 is 1.28 bits per heavy atom. The molecule has 1 aromatic rings. The molecule has 4 heteroatoms. The third kappa shape index (κ3) is 6.54. The number of hydrogen-bond acceptors (Lipinski definition) is 4. The van der Waals surface area contributed by atoms with Crippen molar-refractivity contribution in [3.63, 3.8) is 0 Å². The van der Waals surface area contributed by atoms with E-state index in [2.05, 4.69) is 19.1 Å². The Morgan fingerprint density at radius 3 is 2.60 bits per heavy atom. The predicted molar refractivity (Wildman–Crippen MR) is 98.0 cm³/mol. The summed E-state index contributed by atoms with van der Waals surface area (Å²) in [7, 11) is 0. The first-order valence-corrected chi connectivity index (χ1v) is 9.00. The molecule has 2 rings (SSSR count). The Bertz CT molecular complexity index is 598. The molecule has 0 aliphatic carbocycles. The molecule has 1 fully saturated rings. The molecule has 0 unspecified atom stereocenters. The molecule has 1 heterocycles. The van der Waals surface area contributed by atoms with E-state index in [9.17, 15) is 4.79 Å². The summed E-state index contributed by atoms with van der Waals surface area (Å²) in [5.74, 6) is 0.464. The molecule has 25 heavy (non-hydrogen) atoms. The fraction of sp³-hybridized carbons (Fsp3) is 0.571. The highest BCUT2D eigenvalue weighted by Crippen LogP contribution is 2.30. The van der Waals surface area contributed by atoms with Crippen molar-refractivity contribution >= 4 is 5.97 Å². The van der Waals surface area contributed by atoms with Crippen molar-refractivity contribution in [1.29, 1.82) is 0 Å². The molecule has 0 spiro atoms. The average molecular weight is 346 g/mol. The first-order chi connectivity index (χ1) is 11.7. The maximum Gasteiger partial charge on any atom is 0.337 e. The Kier molecular flexibility index (Phi) is 6.65. The molecule has 0 saturated carbocycles. The number of benzene rings is 1. The van der Waals surface area contributed by atoms with Gasteiger partial charge in [-0.25, -0.2) is 4.79 Å². The van der Waals surface area contributed by atoms with Gasteiger partial charge in [0.05, 0.1) is 18.3 Å². The summed E-state index contributed by atoms with van der Waals surface area (Å²) < 4.78 is 17.3. The Hall–Kier alpha value is -1.81. The molecule has 0 radical (unpaired) electrons. The lowest BCUT2D eigenvalue weighted by atomic mass is 10.1. The first kappa shape index (κ1) is 19.5. The van der Waals surface area contributed by atoms with Crippen molar-refractivity contribution in [3.05, 3.63) is 47.2 Å². The second kappa shape index (κ2) is 8.52. The molecule has 138 valence electrons. The van der Waals surface area contributed by atoms with Gasteiger partial charge >= 0.3 is 5.97 Å². The predicted octanol–water partition coefficient (Wildman–Crippen LogP) is 4.78. The van der Waals surface area contributed by atoms with Crippen LogP contribution in [0.1, 0.15) is 59.4 Å². The van der Waals surface area contributed by atoms with Crippen molar-refractivity contribution in [3.8, 4) is 0 Å². The zero-order valence-corrected chi connectivity index (χ0v) is 16.0. The molecule has 0 bridgehead atoms. The smallest absolute Gasteiger partial charge is 0.337 e. The van der Waals surface area contributed by atoms with Crippen LogP contribution in [0.25, 0.3) is 0 Å². The van der Waals surface area contributed by atoms with Gasteiger partial charge in [0.2, 0.25) is 0 Å². The number of carbonyl (C=O) groups is 1. The van der Waals surface area contributed by atoms with E-state index in [-0.39, 0.29) is 18.2 Å². The lowest BCUT2D eigenvalue weighted by molar-refractivity contribution is -0.150. The highest BCUT2D eigenvalue weighted by atomic mass is 16.6. The Labute approximate surface area is 151 Å². The highest BCUT2D eigenvalue weighted by Gasteiger charge is 2.28. The second-order valence-corrected chi connectivity index (χ2v) is 7.67. The SMILES string of the molecule is C/C(C(=O)OC(C)(C)C)=C1/CC[C@H](C[C@@H](C)OCc2ccccc2)O1. The fourth-order valence-corrected chi connectivity index (χ4v) is 2.77. The number of esters is 1. The molecule has 1 aliphatic rings. The van der Waals surface area contributed by atoms with Gasteiger partial charge in [-0.3, -0.25) is 0 Å². The van der Waals surface area contributed by atoms with Gasteiger partial charge in [0.1, 0.15) is 17.5 Å². The zero-order valence-electron chi connectivity index (χ0n) is 16.0. The van der Waals surface area contributed by atoms with E-state index in [4.69, 9.17) is 14.2 Å². The lowest BCUT2D eigenvalue weighted by Crippen LogP contribution is -2.25. The highest BCUT2D eigenvalue weighted by molar-refractivity contribution is 5.88. The van der Waals surface area contributed by atoms with E-state index in [1.54, 1.807) is 6.92 Å². The summed E-state index contributed by atoms with van der Waals surface area (Å²) in [5.41, 5.74) is 1.26. The van der Waals surface area contributed by atoms with Crippen molar-refractivity contribution in [1.82, 2.24) is 0 Å². The monoisotopic (exact) mass is 346 g/mol. The van der Waals surface area contributed by atoms with Gasteiger partial charge in [0, 0.05) is 12.8 Å². The van der Waals surface area contributed by atoms with Crippen molar-refractivity contribution in [2.24, 2.45) is 0 Å². The minimum atomic E-state index is -0.489. The number of allylic oxidation sites excluding steroid dienone is 1. The van der Waals surface area contributed by atoms with Crippen LogP contribution in [-0.2, 0) is 25.6 Å². The molecule has 1 saturated heterocycles. The molecule has 0 aromatic heterocycles. The topological polar surface area (TPSA) is 44.8 Å². The Morgan fingerprint density at radius 2 is 1.96 bits per heavy atom. The number of ether oxygens (including phenoxy) is 3. The number of hydrogen-bond donors (Lipinski definition) is 0. The van der Waals surface area contributed by atoms with Crippen LogP contribution in [0.4, 0.5) is 0 Å². The largest absolute Gasteiger partial charge is 0.494 e. The summed E-state index contributed by atoms with van der Waals surface area (Å²) in [5, 5.41) is 0. The maximum absolute atomic E-state index is 12.1. The van der Waals surface area contributed by atoms with Crippen LogP contribution in [0.15, 0.2) is 41.7 Å². The van der Waals surface area contributed by atoms with Crippen LogP contribution in [0.5, 0.6) is 0 Å². The summed E-state index contributed by atoms with van der Waals surface area (Å²) in [6, 6.07) is 10.1. The van der Waals surface area contributed by atoms with Gasteiger partial charge in [-0.2, -0.15) is 0 Å².